The van der Waals surface area contributed by atoms with Crippen molar-refractivity contribution in [3.8, 4) is 0 Å². The SMILES string of the molecule is c1ncc([C@@H]2CO2)cn1. The molecule has 0 bridgehead atoms. The van der Waals surface area contributed by atoms with Crippen molar-refractivity contribution in [2.75, 3.05) is 6.61 Å². The summed E-state index contributed by atoms with van der Waals surface area (Å²) < 4.78 is 5.01. The highest BCUT2D eigenvalue weighted by atomic mass is 16.6. The molecule has 46 valence electrons. The van der Waals surface area contributed by atoms with E-state index in [1.165, 1.54) is 6.33 Å². The smallest absolute Gasteiger partial charge is 0.115 e. The minimum absolute atomic E-state index is 0.284. The molecule has 0 unspecified atom stereocenters. The lowest BCUT2D eigenvalue weighted by Gasteiger charge is -1.88. The fraction of sp³-hybridized carbons (Fsp3) is 0.333. The van der Waals surface area contributed by atoms with Crippen LogP contribution in [0.25, 0.3) is 0 Å². The molecule has 0 aromatic carbocycles. The van der Waals surface area contributed by atoms with Gasteiger partial charge in [-0.3, -0.25) is 0 Å². The fourth-order valence-corrected chi connectivity index (χ4v) is 0.717. The third-order valence-corrected chi connectivity index (χ3v) is 1.29. The van der Waals surface area contributed by atoms with E-state index >= 15 is 0 Å². The van der Waals surface area contributed by atoms with Crippen LogP contribution in [0.3, 0.4) is 0 Å². The van der Waals surface area contributed by atoms with Crippen molar-refractivity contribution in [1.82, 2.24) is 9.97 Å². The summed E-state index contributed by atoms with van der Waals surface area (Å²) >= 11 is 0. The maximum Gasteiger partial charge on any atom is 0.115 e. The van der Waals surface area contributed by atoms with Gasteiger partial charge in [-0.2, -0.15) is 0 Å². The van der Waals surface area contributed by atoms with Gasteiger partial charge in [-0.05, 0) is 0 Å². The minimum Gasteiger partial charge on any atom is -0.368 e. The first-order valence-corrected chi connectivity index (χ1v) is 2.83. The maximum absolute atomic E-state index is 5.01. The number of hydrogen-bond donors (Lipinski definition) is 0. The summed E-state index contributed by atoms with van der Waals surface area (Å²) in [6, 6.07) is 0. The fourth-order valence-electron chi connectivity index (χ4n) is 0.717. The van der Waals surface area contributed by atoms with Gasteiger partial charge < -0.3 is 4.74 Å². The van der Waals surface area contributed by atoms with Gasteiger partial charge in [0.1, 0.15) is 12.4 Å². The summed E-state index contributed by atoms with van der Waals surface area (Å²) in [5.74, 6) is 0. The lowest BCUT2D eigenvalue weighted by atomic mass is 10.3. The Balaban J connectivity index is 2.29. The summed E-state index contributed by atoms with van der Waals surface area (Å²) in [4.78, 5) is 7.71. The Labute approximate surface area is 52.7 Å². The van der Waals surface area contributed by atoms with Crippen LogP contribution in [0.2, 0.25) is 0 Å². The summed E-state index contributed by atoms with van der Waals surface area (Å²) in [6.45, 7) is 0.827. The Morgan fingerprint density at radius 2 is 2.11 bits per heavy atom. The zero-order valence-electron chi connectivity index (χ0n) is 4.82. The van der Waals surface area contributed by atoms with Crippen molar-refractivity contribution in [3.63, 3.8) is 0 Å². The van der Waals surface area contributed by atoms with E-state index in [1.807, 2.05) is 0 Å². The molecule has 0 spiro atoms. The Hall–Kier alpha value is -0.960. The molecule has 3 nitrogen and oxygen atoms in total. The van der Waals surface area contributed by atoms with E-state index in [1.54, 1.807) is 12.4 Å². The number of nitrogens with zero attached hydrogens (tertiary/aromatic N) is 2. The van der Waals surface area contributed by atoms with E-state index in [4.69, 9.17) is 4.74 Å². The van der Waals surface area contributed by atoms with E-state index < -0.39 is 0 Å². The van der Waals surface area contributed by atoms with Crippen LogP contribution in [0, 0.1) is 0 Å². The van der Waals surface area contributed by atoms with Gasteiger partial charge in [0.05, 0.1) is 6.61 Å². The average Bonchev–Trinajstić information content (AvgIpc) is 2.71. The molecule has 0 radical (unpaired) electrons. The second-order valence-electron chi connectivity index (χ2n) is 1.99. The van der Waals surface area contributed by atoms with Crippen molar-refractivity contribution >= 4 is 0 Å². The molecule has 3 heteroatoms. The number of rotatable bonds is 1. The van der Waals surface area contributed by atoms with Gasteiger partial charge in [-0.15, -0.1) is 0 Å². The standard InChI is InChI=1S/C6H6N2O/c1-5(6-3-9-6)2-8-4-7-1/h1-2,4,6H,3H2/t6-/m0/s1. The quantitative estimate of drug-likeness (QED) is 0.510. The highest BCUT2D eigenvalue weighted by molar-refractivity contribution is 5.10. The molecule has 1 atom stereocenters. The van der Waals surface area contributed by atoms with Gasteiger partial charge in [0.2, 0.25) is 0 Å². The molecule has 0 amide bonds. The molecule has 2 heterocycles. The number of epoxide rings is 1. The zero-order chi connectivity index (χ0) is 6.10. The monoisotopic (exact) mass is 122 g/mol. The lowest BCUT2D eigenvalue weighted by molar-refractivity contribution is 0.414. The third-order valence-electron chi connectivity index (χ3n) is 1.29. The second kappa shape index (κ2) is 1.77. The Kier molecular flexibility index (Phi) is 0.960. The summed E-state index contributed by atoms with van der Waals surface area (Å²) in [5, 5.41) is 0. The zero-order valence-corrected chi connectivity index (χ0v) is 4.82. The number of hydrogen-bond acceptors (Lipinski definition) is 3. The van der Waals surface area contributed by atoms with Gasteiger partial charge in [0, 0.05) is 18.0 Å². The van der Waals surface area contributed by atoms with Crippen molar-refractivity contribution in [2.45, 2.75) is 6.10 Å². The summed E-state index contributed by atoms with van der Waals surface area (Å²) in [6.07, 6.45) is 5.37. The van der Waals surface area contributed by atoms with Crippen molar-refractivity contribution < 1.29 is 4.74 Å². The van der Waals surface area contributed by atoms with Crippen LogP contribution in [0.1, 0.15) is 11.7 Å². The van der Waals surface area contributed by atoms with Crippen LogP contribution < -0.4 is 0 Å². The Morgan fingerprint density at radius 3 is 2.67 bits per heavy atom. The number of aromatic nitrogens is 2. The first kappa shape index (κ1) is 4.88. The van der Waals surface area contributed by atoms with E-state index in [9.17, 15) is 0 Å². The van der Waals surface area contributed by atoms with Crippen molar-refractivity contribution in [3.05, 3.63) is 24.3 Å². The maximum atomic E-state index is 5.01. The van der Waals surface area contributed by atoms with Crippen LogP contribution in [0.4, 0.5) is 0 Å². The molecule has 2 rings (SSSR count). The molecule has 1 aromatic heterocycles. The summed E-state index contributed by atoms with van der Waals surface area (Å²) in [7, 11) is 0. The summed E-state index contributed by atoms with van der Waals surface area (Å²) in [5.41, 5.74) is 1.08. The molecule has 1 aliphatic heterocycles. The van der Waals surface area contributed by atoms with Gasteiger partial charge in [-0.1, -0.05) is 0 Å². The molecule has 9 heavy (non-hydrogen) atoms. The third kappa shape index (κ3) is 0.907. The van der Waals surface area contributed by atoms with Gasteiger partial charge in [0.15, 0.2) is 0 Å². The van der Waals surface area contributed by atoms with Gasteiger partial charge >= 0.3 is 0 Å². The molecule has 1 aliphatic rings. The van der Waals surface area contributed by atoms with E-state index in [2.05, 4.69) is 9.97 Å². The van der Waals surface area contributed by atoms with Crippen LogP contribution in [0.5, 0.6) is 0 Å². The van der Waals surface area contributed by atoms with Gasteiger partial charge in [-0.25, -0.2) is 9.97 Å². The van der Waals surface area contributed by atoms with Crippen molar-refractivity contribution in [1.29, 1.82) is 0 Å². The average molecular weight is 122 g/mol. The van der Waals surface area contributed by atoms with E-state index in [-0.39, 0.29) is 6.10 Å². The molecule has 0 N–H and O–H groups in total. The molecule has 0 aliphatic carbocycles. The predicted molar refractivity (Wildman–Crippen MR) is 30.7 cm³/mol. The molecule has 1 saturated heterocycles. The van der Waals surface area contributed by atoms with E-state index in [0.717, 1.165) is 12.2 Å². The number of ether oxygens (including phenoxy) is 1. The molecule has 0 saturated carbocycles. The van der Waals surface area contributed by atoms with E-state index in [0.29, 0.717) is 0 Å². The van der Waals surface area contributed by atoms with Crippen LogP contribution >= 0.6 is 0 Å². The molecular formula is C6H6N2O. The topological polar surface area (TPSA) is 38.3 Å². The first-order chi connectivity index (χ1) is 4.47. The van der Waals surface area contributed by atoms with Crippen LogP contribution in [-0.4, -0.2) is 16.6 Å². The highest BCUT2D eigenvalue weighted by Crippen LogP contribution is 2.27. The van der Waals surface area contributed by atoms with Crippen molar-refractivity contribution in [2.24, 2.45) is 0 Å². The first-order valence-electron chi connectivity index (χ1n) is 2.83. The van der Waals surface area contributed by atoms with Gasteiger partial charge in [0.25, 0.3) is 0 Å². The molecule has 1 fully saturated rings. The minimum atomic E-state index is 0.284. The Morgan fingerprint density at radius 1 is 1.44 bits per heavy atom. The lowest BCUT2D eigenvalue weighted by Crippen LogP contribution is -1.82. The largest absolute Gasteiger partial charge is 0.368 e. The van der Waals surface area contributed by atoms with Crippen LogP contribution in [0.15, 0.2) is 18.7 Å². The second-order valence-corrected chi connectivity index (χ2v) is 1.99. The molecule has 1 aromatic rings. The Bertz CT molecular complexity index is 195. The predicted octanol–water partition coefficient (Wildman–Crippen LogP) is 0.548. The highest BCUT2D eigenvalue weighted by Gasteiger charge is 2.24. The molecular weight excluding hydrogens is 116 g/mol. The normalized spacial score (nSPS) is 23.8. The van der Waals surface area contributed by atoms with Crippen LogP contribution in [-0.2, 0) is 4.74 Å².